The van der Waals surface area contributed by atoms with E-state index in [1.54, 1.807) is 31.2 Å². The lowest BCUT2D eigenvalue weighted by Gasteiger charge is -2.11. The van der Waals surface area contributed by atoms with Gasteiger partial charge in [-0.2, -0.15) is 5.10 Å². The van der Waals surface area contributed by atoms with Gasteiger partial charge in [0.05, 0.1) is 13.3 Å². The number of aryl methyl sites for hydroxylation is 1. The molecule has 1 aromatic heterocycles. The van der Waals surface area contributed by atoms with Gasteiger partial charge in [0.2, 0.25) is 5.91 Å². The van der Waals surface area contributed by atoms with Crippen molar-refractivity contribution in [3.05, 3.63) is 47.8 Å². The Bertz CT molecular complexity index is 594. The molecule has 0 aliphatic carbocycles. The smallest absolute Gasteiger partial charge is 0.241 e. The molecule has 0 radical (unpaired) electrons. The molecule has 0 aliphatic rings. The maximum atomic E-state index is 12.0. The van der Waals surface area contributed by atoms with Crippen LogP contribution in [0.2, 0.25) is 0 Å². The molecule has 6 nitrogen and oxygen atoms in total. The molecule has 3 N–H and O–H groups in total. The fourth-order valence-electron chi connectivity index (χ4n) is 1.83. The summed E-state index contributed by atoms with van der Waals surface area (Å²) in [5, 5.41) is 6.80. The number of methoxy groups -OCH3 is 1. The number of ether oxygens (including phenoxy) is 1. The van der Waals surface area contributed by atoms with Gasteiger partial charge in [-0.3, -0.25) is 9.48 Å². The van der Waals surface area contributed by atoms with E-state index >= 15 is 0 Å². The quantitative estimate of drug-likeness (QED) is 0.842. The largest absolute Gasteiger partial charge is 0.497 e. The van der Waals surface area contributed by atoms with Crippen LogP contribution in [-0.2, 0) is 18.4 Å². The Morgan fingerprint density at radius 1 is 1.55 bits per heavy atom. The Kier molecular flexibility index (Phi) is 4.37. The van der Waals surface area contributed by atoms with Crippen molar-refractivity contribution in [1.82, 2.24) is 15.1 Å². The van der Waals surface area contributed by atoms with E-state index < -0.39 is 6.04 Å². The Morgan fingerprint density at radius 2 is 2.35 bits per heavy atom. The van der Waals surface area contributed by atoms with E-state index in [2.05, 4.69) is 10.4 Å². The zero-order chi connectivity index (χ0) is 14.5. The number of nitrogens with zero attached hydrogens (tertiary/aromatic N) is 2. The first kappa shape index (κ1) is 14.1. The van der Waals surface area contributed by atoms with Gasteiger partial charge in [0.15, 0.2) is 0 Å². The van der Waals surface area contributed by atoms with Gasteiger partial charge in [-0.1, -0.05) is 12.1 Å². The first-order valence-electron chi connectivity index (χ1n) is 6.25. The van der Waals surface area contributed by atoms with E-state index in [1.807, 2.05) is 24.3 Å². The first-order chi connectivity index (χ1) is 9.60. The molecule has 1 unspecified atom stereocenters. The molecular weight excluding hydrogens is 256 g/mol. The summed E-state index contributed by atoms with van der Waals surface area (Å²) in [5.74, 6) is 0.522. The molecule has 0 saturated heterocycles. The van der Waals surface area contributed by atoms with E-state index in [0.29, 0.717) is 12.1 Å². The topological polar surface area (TPSA) is 82.2 Å². The van der Waals surface area contributed by atoms with E-state index in [-0.39, 0.29) is 5.91 Å². The van der Waals surface area contributed by atoms with Crippen LogP contribution in [0.4, 0.5) is 0 Å². The molecule has 0 bridgehead atoms. The Hall–Kier alpha value is -2.34. The lowest BCUT2D eigenvalue weighted by molar-refractivity contribution is -0.122. The van der Waals surface area contributed by atoms with Crippen LogP contribution in [0.1, 0.15) is 17.2 Å². The van der Waals surface area contributed by atoms with Gasteiger partial charge >= 0.3 is 0 Å². The number of carbonyl (C=O) groups excluding carboxylic acids is 1. The fourth-order valence-corrected chi connectivity index (χ4v) is 1.83. The van der Waals surface area contributed by atoms with Crippen LogP contribution in [0.25, 0.3) is 0 Å². The number of benzene rings is 1. The highest BCUT2D eigenvalue weighted by Gasteiger charge is 2.16. The number of hydrogen-bond acceptors (Lipinski definition) is 4. The predicted molar refractivity (Wildman–Crippen MR) is 75.0 cm³/mol. The van der Waals surface area contributed by atoms with Crippen molar-refractivity contribution in [2.45, 2.75) is 12.6 Å². The van der Waals surface area contributed by atoms with Gasteiger partial charge in [-0.05, 0) is 17.7 Å². The van der Waals surface area contributed by atoms with Crippen LogP contribution in [0.3, 0.4) is 0 Å². The van der Waals surface area contributed by atoms with E-state index in [1.165, 1.54) is 0 Å². The van der Waals surface area contributed by atoms with Crippen LogP contribution < -0.4 is 15.8 Å². The summed E-state index contributed by atoms with van der Waals surface area (Å²) in [6.07, 6.45) is 3.32. The van der Waals surface area contributed by atoms with Crippen molar-refractivity contribution >= 4 is 5.91 Å². The molecule has 1 amide bonds. The van der Waals surface area contributed by atoms with Crippen molar-refractivity contribution in [2.75, 3.05) is 7.11 Å². The molecule has 6 heteroatoms. The molecule has 1 aromatic carbocycles. The average Bonchev–Trinajstić information content (AvgIpc) is 2.90. The van der Waals surface area contributed by atoms with E-state index in [4.69, 9.17) is 10.5 Å². The number of aromatic nitrogens is 2. The SMILES string of the molecule is COc1cccc(CNC(=O)C(N)c2cnn(C)c2)c1. The molecule has 1 atom stereocenters. The minimum absolute atomic E-state index is 0.235. The van der Waals surface area contributed by atoms with Gasteiger partial charge in [0.1, 0.15) is 11.8 Å². The molecule has 2 rings (SSSR count). The molecule has 0 spiro atoms. The Balaban J connectivity index is 1.94. The minimum Gasteiger partial charge on any atom is -0.497 e. The maximum absolute atomic E-state index is 12.0. The second kappa shape index (κ2) is 6.21. The predicted octanol–water partition coefficient (Wildman–Crippen LogP) is 0.745. The molecule has 20 heavy (non-hydrogen) atoms. The number of hydrogen-bond donors (Lipinski definition) is 2. The summed E-state index contributed by atoms with van der Waals surface area (Å²) in [5.41, 5.74) is 7.53. The lowest BCUT2D eigenvalue weighted by Crippen LogP contribution is -2.33. The zero-order valence-electron chi connectivity index (χ0n) is 11.5. The lowest BCUT2D eigenvalue weighted by atomic mass is 10.1. The average molecular weight is 274 g/mol. The molecular formula is C14H18N4O2. The van der Waals surface area contributed by atoms with Crippen molar-refractivity contribution in [2.24, 2.45) is 12.8 Å². The van der Waals surface area contributed by atoms with Gasteiger partial charge in [0.25, 0.3) is 0 Å². The van der Waals surface area contributed by atoms with Crippen LogP contribution in [0.5, 0.6) is 5.75 Å². The highest BCUT2D eigenvalue weighted by molar-refractivity contribution is 5.82. The van der Waals surface area contributed by atoms with E-state index in [0.717, 1.165) is 11.3 Å². The van der Waals surface area contributed by atoms with E-state index in [9.17, 15) is 4.79 Å². The van der Waals surface area contributed by atoms with Crippen molar-refractivity contribution < 1.29 is 9.53 Å². The molecule has 2 aromatic rings. The monoisotopic (exact) mass is 274 g/mol. The van der Waals surface area contributed by atoms with Gasteiger partial charge in [-0.25, -0.2) is 0 Å². The van der Waals surface area contributed by atoms with Crippen LogP contribution in [0, 0.1) is 0 Å². The highest BCUT2D eigenvalue weighted by atomic mass is 16.5. The summed E-state index contributed by atoms with van der Waals surface area (Å²) >= 11 is 0. The van der Waals surface area contributed by atoms with Crippen LogP contribution in [0.15, 0.2) is 36.7 Å². The molecule has 0 saturated carbocycles. The number of carbonyl (C=O) groups is 1. The van der Waals surface area contributed by atoms with Crippen molar-refractivity contribution in [3.63, 3.8) is 0 Å². The number of nitrogens with one attached hydrogen (secondary N) is 1. The number of amides is 1. The third kappa shape index (κ3) is 3.36. The molecule has 106 valence electrons. The Labute approximate surface area is 117 Å². The second-order valence-electron chi connectivity index (χ2n) is 4.49. The van der Waals surface area contributed by atoms with Crippen LogP contribution >= 0.6 is 0 Å². The second-order valence-corrected chi connectivity index (χ2v) is 4.49. The number of nitrogens with two attached hydrogens (primary N) is 1. The molecule has 0 fully saturated rings. The normalized spacial score (nSPS) is 11.9. The van der Waals surface area contributed by atoms with Gasteiger partial charge in [0, 0.05) is 25.4 Å². The van der Waals surface area contributed by atoms with Crippen molar-refractivity contribution in [1.29, 1.82) is 0 Å². The summed E-state index contributed by atoms with van der Waals surface area (Å²) in [7, 11) is 3.39. The summed E-state index contributed by atoms with van der Waals surface area (Å²) in [4.78, 5) is 12.0. The summed E-state index contributed by atoms with van der Waals surface area (Å²) < 4.78 is 6.75. The summed E-state index contributed by atoms with van der Waals surface area (Å²) in [6, 6.07) is 6.80. The third-order valence-corrected chi connectivity index (χ3v) is 2.97. The number of rotatable bonds is 5. The Morgan fingerprint density at radius 3 is 3.00 bits per heavy atom. The molecule has 0 aliphatic heterocycles. The minimum atomic E-state index is -0.714. The van der Waals surface area contributed by atoms with Gasteiger partial charge < -0.3 is 15.8 Å². The summed E-state index contributed by atoms with van der Waals surface area (Å²) in [6.45, 7) is 0.407. The maximum Gasteiger partial charge on any atom is 0.241 e. The van der Waals surface area contributed by atoms with Crippen molar-refractivity contribution in [3.8, 4) is 5.75 Å². The van der Waals surface area contributed by atoms with Crippen LogP contribution in [-0.4, -0.2) is 22.8 Å². The first-order valence-corrected chi connectivity index (χ1v) is 6.25. The molecule has 1 heterocycles. The fraction of sp³-hybridized carbons (Fsp3) is 0.286. The zero-order valence-corrected chi connectivity index (χ0v) is 11.5. The third-order valence-electron chi connectivity index (χ3n) is 2.97. The standard InChI is InChI=1S/C14H18N4O2/c1-18-9-11(8-17-18)13(15)14(19)16-7-10-4-3-5-12(6-10)20-2/h3-6,8-9,13H,7,15H2,1-2H3,(H,16,19). The highest BCUT2D eigenvalue weighted by Crippen LogP contribution is 2.13. The van der Waals surface area contributed by atoms with Gasteiger partial charge in [-0.15, -0.1) is 0 Å².